The molecule has 7 nitrogen and oxygen atoms in total. The van der Waals surface area contributed by atoms with Crippen LogP contribution in [-0.4, -0.2) is 57.1 Å². The predicted molar refractivity (Wildman–Crippen MR) is 103 cm³/mol. The van der Waals surface area contributed by atoms with Crippen LogP contribution in [0.5, 0.6) is 11.5 Å². The summed E-state index contributed by atoms with van der Waals surface area (Å²) in [4.78, 5) is 26.5. The molecule has 0 unspecified atom stereocenters. The summed E-state index contributed by atoms with van der Waals surface area (Å²) in [6.07, 6.45) is 0. The molecule has 1 aliphatic heterocycles. The van der Waals surface area contributed by atoms with E-state index in [-0.39, 0.29) is 11.8 Å². The Bertz CT molecular complexity index is 818. The molecule has 0 saturated carbocycles. The number of hydrogen-bond donors (Lipinski definition) is 2. The third-order valence-electron chi connectivity index (χ3n) is 4.05. The Hall–Kier alpha value is -3.06. The van der Waals surface area contributed by atoms with E-state index in [1.807, 2.05) is 19.0 Å². The van der Waals surface area contributed by atoms with Gasteiger partial charge in [-0.3, -0.25) is 9.59 Å². The van der Waals surface area contributed by atoms with Crippen LogP contribution in [-0.2, 0) is 0 Å². The third-order valence-corrected chi connectivity index (χ3v) is 4.05. The first-order valence-electron chi connectivity index (χ1n) is 8.77. The summed E-state index contributed by atoms with van der Waals surface area (Å²) in [5, 5.41) is 5.66. The Balaban J connectivity index is 1.59. The van der Waals surface area contributed by atoms with E-state index in [2.05, 4.69) is 10.6 Å². The van der Waals surface area contributed by atoms with Gasteiger partial charge in [0.2, 0.25) is 0 Å². The molecule has 2 N–H and O–H groups in total. The summed E-state index contributed by atoms with van der Waals surface area (Å²) < 4.78 is 11.0. The van der Waals surface area contributed by atoms with Crippen LogP contribution in [0.15, 0.2) is 42.5 Å². The predicted octanol–water partition coefficient (Wildman–Crippen LogP) is 2.00. The molecule has 2 amide bonds. The minimum Gasteiger partial charge on any atom is -0.486 e. The standard InChI is InChI=1S/C20H23N3O4/c1-23(2)10-9-21-19(24)14-3-5-15(6-4-14)20(25)22-16-7-8-17-18(13-16)27-12-11-26-17/h3-8,13H,9-12H2,1-2H3,(H,21,24)(H,22,25). The molecule has 142 valence electrons. The number of carbonyl (C=O) groups is 2. The molecule has 3 rings (SSSR count). The molecule has 0 fully saturated rings. The lowest BCUT2D eigenvalue weighted by Gasteiger charge is -2.19. The van der Waals surface area contributed by atoms with Gasteiger partial charge in [-0.1, -0.05) is 0 Å². The second kappa shape index (κ2) is 8.55. The fraction of sp³-hybridized carbons (Fsp3) is 0.300. The number of rotatable bonds is 6. The zero-order valence-corrected chi connectivity index (χ0v) is 15.5. The van der Waals surface area contributed by atoms with E-state index in [4.69, 9.17) is 9.47 Å². The lowest BCUT2D eigenvalue weighted by Crippen LogP contribution is -2.31. The Morgan fingerprint density at radius 2 is 1.56 bits per heavy atom. The number of ether oxygens (including phenoxy) is 2. The van der Waals surface area contributed by atoms with Crippen molar-refractivity contribution in [2.24, 2.45) is 0 Å². The zero-order valence-electron chi connectivity index (χ0n) is 15.5. The number of amides is 2. The summed E-state index contributed by atoms with van der Waals surface area (Å²) in [5.41, 5.74) is 1.61. The van der Waals surface area contributed by atoms with E-state index in [9.17, 15) is 9.59 Å². The molecule has 1 heterocycles. The van der Waals surface area contributed by atoms with Crippen LogP contribution in [0.2, 0.25) is 0 Å². The van der Waals surface area contributed by atoms with Crippen molar-refractivity contribution >= 4 is 17.5 Å². The average molecular weight is 369 g/mol. The van der Waals surface area contributed by atoms with E-state index in [0.29, 0.717) is 48.1 Å². The van der Waals surface area contributed by atoms with Gasteiger partial charge in [-0.2, -0.15) is 0 Å². The second-order valence-electron chi connectivity index (χ2n) is 6.45. The van der Waals surface area contributed by atoms with E-state index in [1.54, 1.807) is 42.5 Å². The van der Waals surface area contributed by atoms with Crippen LogP contribution in [0, 0.1) is 0 Å². The SMILES string of the molecule is CN(C)CCNC(=O)c1ccc(C(=O)Nc2ccc3c(c2)OCCO3)cc1. The van der Waals surface area contributed by atoms with Crippen molar-refractivity contribution in [2.45, 2.75) is 0 Å². The number of nitrogens with zero attached hydrogens (tertiary/aromatic N) is 1. The number of nitrogens with one attached hydrogen (secondary N) is 2. The Labute approximate surface area is 158 Å². The lowest BCUT2D eigenvalue weighted by molar-refractivity contribution is 0.0949. The van der Waals surface area contributed by atoms with Crippen LogP contribution < -0.4 is 20.1 Å². The molecular weight excluding hydrogens is 346 g/mol. The van der Waals surface area contributed by atoms with Crippen molar-refractivity contribution in [3.8, 4) is 11.5 Å². The summed E-state index contributed by atoms with van der Waals surface area (Å²) in [6, 6.07) is 11.8. The summed E-state index contributed by atoms with van der Waals surface area (Å²) in [5.74, 6) is 0.870. The summed E-state index contributed by atoms with van der Waals surface area (Å²) >= 11 is 0. The van der Waals surface area contributed by atoms with Crippen molar-refractivity contribution < 1.29 is 19.1 Å². The van der Waals surface area contributed by atoms with E-state index in [0.717, 1.165) is 6.54 Å². The van der Waals surface area contributed by atoms with Gasteiger partial charge < -0.3 is 25.0 Å². The Morgan fingerprint density at radius 1 is 0.926 bits per heavy atom. The van der Waals surface area contributed by atoms with Gasteiger partial charge in [-0.25, -0.2) is 0 Å². The highest BCUT2D eigenvalue weighted by Crippen LogP contribution is 2.32. The number of anilines is 1. The largest absolute Gasteiger partial charge is 0.486 e. The van der Waals surface area contributed by atoms with Gasteiger partial charge in [-0.15, -0.1) is 0 Å². The Morgan fingerprint density at radius 3 is 2.22 bits per heavy atom. The summed E-state index contributed by atoms with van der Waals surface area (Å²) in [6.45, 7) is 2.34. The van der Waals surface area contributed by atoms with Crippen molar-refractivity contribution in [3.05, 3.63) is 53.6 Å². The monoisotopic (exact) mass is 369 g/mol. The maximum Gasteiger partial charge on any atom is 0.255 e. The highest BCUT2D eigenvalue weighted by molar-refractivity contribution is 6.05. The number of benzene rings is 2. The first-order valence-corrected chi connectivity index (χ1v) is 8.77. The number of hydrogen-bond acceptors (Lipinski definition) is 5. The summed E-state index contributed by atoms with van der Waals surface area (Å²) in [7, 11) is 3.89. The fourth-order valence-corrected chi connectivity index (χ4v) is 2.59. The molecule has 2 aromatic carbocycles. The van der Waals surface area contributed by atoms with Crippen LogP contribution >= 0.6 is 0 Å². The zero-order chi connectivity index (χ0) is 19.2. The first-order chi connectivity index (χ1) is 13.0. The normalized spacial score (nSPS) is 12.6. The molecular formula is C20H23N3O4. The number of fused-ring (bicyclic) bond motifs is 1. The van der Waals surface area contributed by atoms with Crippen molar-refractivity contribution in [3.63, 3.8) is 0 Å². The van der Waals surface area contributed by atoms with Gasteiger partial charge in [0, 0.05) is 36.0 Å². The maximum atomic E-state index is 12.4. The quantitative estimate of drug-likeness (QED) is 0.814. The molecule has 27 heavy (non-hydrogen) atoms. The van der Waals surface area contributed by atoms with Crippen LogP contribution in [0.1, 0.15) is 20.7 Å². The van der Waals surface area contributed by atoms with Crippen LogP contribution in [0.4, 0.5) is 5.69 Å². The van der Waals surface area contributed by atoms with Gasteiger partial charge in [0.05, 0.1) is 0 Å². The smallest absolute Gasteiger partial charge is 0.255 e. The molecule has 0 radical (unpaired) electrons. The maximum absolute atomic E-state index is 12.4. The van der Waals surface area contributed by atoms with Gasteiger partial charge >= 0.3 is 0 Å². The molecule has 0 spiro atoms. The minimum atomic E-state index is -0.258. The average Bonchev–Trinajstić information content (AvgIpc) is 2.67. The fourth-order valence-electron chi connectivity index (χ4n) is 2.59. The molecule has 0 saturated heterocycles. The van der Waals surface area contributed by atoms with Crippen molar-refractivity contribution in [1.82, 2.24) is 10.2 Å². The molecule has 0 aromatic heterocycles. The van der Waals surface area contributed by atoms with Crippen LogP contribution in [0.3, 0.4) is 0 Å². The molecule has 1 aliphatic rings. The van der Waals surface area contributed by atoms with E-state index < -0.39 is 0 Å². The molecule has 7 heteroatoms. The van der Waals surface area contributed by atoms with Crippen molar-refractivity contribution in [1.29, 1.82) is 0 Å². The van der Waals surface area contributed by atoms with E-state index >= 15 is 0 Å². The van der Waals surface area contributed by atoms with E-state index in [1.165, 1.54) is 0 Å². The molecule has 0 aliphatic carbocycles. The van der Waals surface area contributed by atoms with Gasteiger partial charge in [0.15, 0.2) is 11.5 Å². The van der Waals surface area contributed by atoms with Gasteiger partial charge in [0.1, 0.15) is 13.2 Å². The molecule has 2 aromatic rings. The first kappa shape index (κ1) is 18.7. The second-order valence-corrected chi connectivity index (χ2v) is 6.45. The highest BCUT2D eigenvalue weighted by atomic mass is 16.6. The number of likely N-dealkylation sites (N-methyl/N-ethyl adjacent to an activating group) is 1. The topological polar surface area (TPSA) is 79.9 Å². The lowest BCUT2D eigenvalue weighted by atomic mass is 10.1. The van der Waals surface area contributed by atoms with Crippen molar-refractivity contribution in [2.75, 3.05) is 45.7 Å². The Kier molecular flexibility index (Phi) is 5.93. The van der Waals surface area contributed by atoms with Gasteiger partial charge in [0.25, 0.3) is 11.8 Å². The molecule has 0 atom stereocenters. The minimum absolute atomic E-state index is 0.157. The van der Waals surface area contributed by atoms with Crippen LogP contribution in [0.25, 0.3) is 0 Å². The third kappa shape index (κ3) is 4.98. The van der Waals surface area contributed by atoms with Gasteiger partial charge in [-0.05, 0) is 50.5 Å². The highest BCUT2D eigenvalue weighted by Gasteiger charge is 2.14. The molecule has 0 bridgehead atoms. The number of carbonyl (C=O) groups excluding carboxylic acids is 2.